The van der Waals surface area contributed by atoms with Crippen molar-refractivity contribution >= 4 is 28.6 Å². The molecule has 28 heavy (non-hydrogen) atoms. The summed E-state index contributed by atoms with van der Waals surface area (Å²) in [4.78, 5) is 22.4. The summed E-state index contributed by atoms with van der Waals surface area (Å²) >= 11 is 3.00. The first-order valence-electron chi connectivity index (χ1n) is 8.93. The molecule has 3 aromatic heterocycles. The van der Waals surface area contributed by atoms with E-state index in [1.54, 1.807) is 23.7 Å². The zero-order chi connectivity index (χ0) is 19.5. The molecule has 1 atom stereocenters. The molecule has 0 aliphatic rings. The lowest BCUT2D eigenvalue weighted by molar-refractivity contribution is 0.0944. The van der Waals surface area contributed by atoms with Gasteiger partial charge in [0.05, 0.1) is 16.6 Å². The maximum atomic E-state index is 12.9. The summed E-state index contributed by atoms with van der Waals surface area (Å²) in [5, 5.41) is 7.92. The lowest BCUT2D eigenvalue weighted by Crippen LogP contribution is -2.26. The first kappa shape index (κ1) is 18.5. The van der Waals surface area contributed by atoms with Crippen molar-refractivity contribution in [1.29, 1.82) is 0 Å². The van der Waals surface area contributed by atoms with Crippen LogP contribution in [0.2, 0.25) is 0 Å². The van der Waals surface area contributed by atoms with Crippen molar-refractivity contribution in [2.24, 2.45) is 0 Å². The predicted octanol–water partition coefficient (Wildman–Crippen LogP) is 5.73. The van der Waals surface area contributed by atoms with Crippen molar-refractivity contribution < 1.29 is 4.79 Å². The van der Waals surface area contributed by atoms with Gasteiger partial charge < -0.3 is 5.32 Å². The van der Waals surface area contributed by atoms with Crippen LogP contribution >= 0.6 is 22.7 Å². The average Bonchev–Trinajstić information content (AvgIpc) is 3.39. The van der Waals surface area contributed by atoms with Gasteiger partial charge in [0.2, 0.25) is 0 Å². The van der Waals surface area contributed by atoms with E-state index in [9.17, 15) is 4.79 Å². The summed E-state index contributed by atoms with van der Waals surface area (Å²) in [5.41, 5.74) is 5.07. The van der Waals surface area contributed by atoms with Gasteiger partial charge in [0.1, 0.15) is 5.01 Å². The number of carbonyl (C=O) groups excluding carboxylic acids is 1. The van der Waals surface area contributed by atoms with Gasteiger partial charge in [0, 0.05) is 28.9 Å². The Hall–Kier alpha value is -2.83. The van der Waals surface area contributed by atoms with Gasteiger partial charge in [-0.2, -0.15) is 0 Å². The van der Waals surface area contributed by atoms with Crippen molar-refractivity contribution in [3.63, 3.8) is 0 Å². The number of benzene rings is 1. The van der Waals surface area contributed by atoms with Crippen LogP contribution in [0, 0.1) is 6.92 Å². The summed E-state index contributed by atoms with van der Waals surface area (Å²) < 4.78 is 0. The number of hydrogen-bond acceptors (Lipinski definition) is 5. The van der Waals surface area contributed by atoms with E-state index in [0.717, 1.165) is 32.3 Å². The third-order valence-electron chi connectivity index (χ3n) is 4.43. The lowest BCUT2D eigenvalue weighted by Gasteiger charge is -2.12. The van der Waals surface area contributed by atoms with Crippen LogP contribution in [0.1, 0.15) is 33.2 Å². The fraction of sp³-hybridized carbons (Fsp3) is 0.136. The number of carbonyl (C=O) groups is 1. The Balaban J connectivity index is 1.51. The molecular formula is C22H19N3OS2. The smallest absolute Gasteiger partial charge is 0.262 e. The van der Waals surface area contributed by atoms with E-state index >= 15 is 0 Å². The maximum absolute atomic E-state index is 12.9. The highest BCUT2D eigenvalue weighted by molar-refractivity contribution is 7.12. The fourth-order valence-corrected chi connectivity index (χ4v) is 4.56. The molecule has 4 nitrogen and oxygen atoms in total. The second-order valence-corrected chi connectivity index (χ2v) is 8.34. The molecule has 0 bridgehead atoms. The molecule has 1 N–H and O–H groups in total. The number of aryl methyl sites for hydroxylation is 1. The molecule has 4 aromatic rings. The number of hydrogen-bond donors (Lipinski definition) is 1. The van der Waals surface area contributed by atoms with E-state index in [1.165, 1.54) is 16.9 Å². The summed E-state index contributed by atoms with van der Waals surface area (Å²) in [5.74, 6) is -0.0730. The number of thiophene rings is 1. The molecular weight excluding hydrogens is 386 g/mol. The quantitative estimate of drug-likeness (QED) is 0.461. The number of thiazole rings is 1. The summed E-state index contributed by atoms with van der Waals surface area (Å²) in [7, 11) is 0. The van der Waals surface area contributed by atoms with E-state index in [0.29, 0.717) is 0 Å². The van der Waals surface area contributed by atoms with Crippen molar-refractivity contribution in [1.82, 2.24) is 15.3 Å². The van der Waals surface area contributed by atoms with Crippen LogP contribution in [-0.4, -0.2) is 15.9 Å². The maximum Gasteiger partial charge on any atom is 0.262 e. The molecule has 4 rings (SSSR count). The Morgan fingerprint density at radius 1 is 1.07 bits per heavy atom. The lowest BCUT2D eigenvalue weighted by atomic mass is 10.0. The van der Waals surface area contributed by atoms with Crippen molar-refractivity contribution in [2.45, 2.75) is 19.9 Å². The predicted molar refractivity (Wildman–Crippen MR) is 116 cm³/mol. The van der Waals surface area contributed by atoms with Gasteiger partial charge in [-0.05, 0) is 43.0 Å². The van der Waals surface area contributed by atoms with E-state index < -0.39 is 0 Å². The molecule has 0 saturated carbocycles. The zero-order valence-corrected chi connectivity index (χ0v) is 17.2. The molecule has 1 amide bonds. The Morgan fingerprint density at radius 2 is 1.89 bits per heavy atom. The first-order valence-corrected chi connectivity index (χ1v) is 10.7. The third kappa shape index (κ3) is 3.88. The minimum absolute atomic E-state index is 0.0730. The third-order valence-corrected chi connectivity index (χ3v) is 6.37. The molecule has 1 unspecified atom stereocenters. The van der Waals surface area contributed by atoms with E-state index in [2.05, 4.69) is 46.5 Å². The first-order chi connectivity index (χ1) is 13.6. The van der Waals surface area contributed by atoms with Crippen LogP contribution < -0.4 is 5.32 Å². The second kappa shape index (κ2) is 8.04. The molecule has 0 aliphatic heterocycles. The molecule has 0 fully saturated rings. The van der Waals surface area contributed by atoms with Crippen LogP contribution in [0.15, 0.2) is 65.6 Å². The summed E-state index contributed by atoms with van der Waals surface area (Å²) in [6, 6.07) is 13.9. The minimum Gasteiger partial charge on any atom is -0.342 e. The second-order valence-electron chi connectivity index (χ2n) is 6.54. The Bertz CT molecular complexity index is 1080. The van der Waals surface area contributed by atoms with Crippen molar-refractivity contribution in [3.8, 4) is 22.4 Å². The summed E-state index contributed by atoms with van der Waals surface area (Å²) in [6.07, 6.45) is 3.54. The van der Waals surface area contributed by atoms with E-state index in [-0.39, 0.29) is 11.9 Å². The molecule has 140 valence electrons. The highest BCUT2D eigenvalue weighted by Crippen LogP contribution is 2.30. The molecule has 0 radical (unpaired) electrons. The molecule has 0 saturated heterocycles. The largest absolute Gasteiger partial charge is 0.342 e. The van der Waals surface area contributed by atoms with Crippen LogP contribution in [0.3, 0.4) is 0 Å². The SMILES string of the molecule is Cc1ccc(-c2ccsc2C(=O)NC(C)c2nc(-c3cccnc3)cs2)cc1. The average molecular weight is 406 g/mol. The number of pyridine rings is 1. The Labute approximate surface area is 171 Å². The van der Waals surface area contributed by atoms with Gasteiger partial charge >= 0.3 is 0 Å². The van der Waals surface area contributed by atoms with E-state index in [4.69, 9.17) is 0 Å². The monoisotopic (exact) mass is 405 g/mol. The molecule has 3 heterocycles. The normalized spacial score (nSPS) is 11.9. The van der Waals surface area contributed by atoms with Crippen LogP contribution in [0.4, 0.5) is 0 Å². The van der Waals surface area contributed by atoms with E-state index in [1.807, 2.05) is 35.9 Å². The van der Waals surface area contributed by atoms with Crippen molar-refractivity contribution in [3.05, 3.63) is 81.1 Å². The number of nitrogens with one attached hydrogen (secondary N) is 1. The minimum atomic E-state index is -0.170. The Morgan fingerprint density at radius 3 is 2.64 bits per heavy atom. The topological polar surface area (TPSA) is 54.9 Å². The van der Waals surface area contributed by atoms with Crippen LogP contribution in [-0.2, 0) is 0 Å². The molecule has 0 spiro atoms. The van der Waals surface area contributed by atoms with Crippen molar-refractivity contribution in [2.75, 3.05) is 0 Å². The summed E-state index contributed by atoms with van der Waals surface area (Å²) in [6.45, 7) is 4.02. The highest BCUT2D eigenvalue weighted by Gasteiger charge is 2.19. The van der Waals surface area contributed by atoms with Crippen LogP contribution in [0.25, 0.3) is 22.4 Å². The molecule has 6 heteroatoms. The van der Waals surface area contributed by atoms with Gasteiger partial charge in [-0.15, -0.1) is 22.7 Å². The van der Waals surface area contributed by atoms with Gasteiger partial charge in [0.15, 0.2) is 0 Å². The van der Waals surface area contributed by atoms with Gasteiger partial charge in [0.25, 0.3) is 5.91 Å². The number of nitrogens with zero attached hydrogens (tertiary/aromatic N) is 2. The highest BCUT2D eigenvalue weighted by atomic mass is 32.1. The fourth-order valence-electron chi connectivity index (χ4n) is 2.90. The molecule has 1 aromatic carbocycles. The van der Waals surface area contributed by atoms with Gasteiger partial charge in [-0.1, -0.05) is 29.8 Å². The van der Waals surface area contributed by atoms with Gasteiger partial charge in [-0.25, -0.2) is 4.98 Å². The molecule has 0 aliphatic carbocycles. The number of aromatic nitrogens is 2. The number of amides is 1. The van der Waals surface area contributed by atoms with Crippen LogP contribution in [0.5, 0.6) is 0 Å². The van der Waals surface area contributed by atoms with Gasteiger partial charge in [-0.3, -0.25) is 9.78 Å². The zero-order valence-electron chi connectivity index (χ0n) is 15.5. The Kier molecular flexibility index (Phi) is 5.32. The standard InChI is InChI=1S/C22H19N3OS2/c1-14-5-7-16(8-6-14)18-9-11-27-20(18)21(26)24-15(2)22-25-19(13-28-22)17-4-3-10-23-12-17/h3-13,15H,1-2H3,(H,24,26). The number of rotatable bonds is 5.